The largest absolute Gasteiger partial charge is 0.492 e. The molecule has 0 saturated heterocycles. The van der Waals surface area contributed by atoms with Gasteiger partial charge in [-0.25, -0.2) is 0 Å². The predicted octanol–water partition coefficient (Wildman–Crippen LogP) is 3.43. The van der Waals surface area contributed by atoms with Gasteiger partial charge in [-0.05, 0) is 38.0 Å². The van der Waals surface area contributed by atoms with Crippen LogP contribution < -0.4 is 10.1 Å². The highest BCUT2D eigenvalue weighted by molar-refractivity contribution is 5.76. The highest BCUT2D eigenvalue weighted by atomic mass is 16.5. The smallest absolute Gasteiger partial charge is 0.220 e. The maximum atomic E-state index is 11.8. The Morgan fingerprint density at radius 1 is 0.955 bits per heavy atom. The van der Waals surface area contributed by atoms with Gasteiger partial charge in [0.15, 0.2) is 0 Å². The number of ether oxygens (including phenoxy) is 1. The molecule has 22 heavy (non-hydrogen) atoms. The summed E-state index contributed by atoms with van der Waals surface area (Å²) >= 11 is 0. The molecule has 0 spiro atoms. The molecule has 2 aromatic carbocycles. The zero-order chi connectivity index (χ0) is 15.8. The van der Waals surface area contributed by atoms with E-state index >= 15 is 0 Å². The predicted molar refractivity (Wildman–Crippen MR) is 89.2 cm³/mol. The van der Waals surface area contributed by atoms with Gasteiger partial charge in [-0.3, -0.25) is 4.79 Å². The van der Waals surface area contributed by atoms with Gasteiger partial charge >= 0.3 is 0 Å². The minimum Gasteiger partial charge on any atom is -0.492 e. The molecule has 3 heteroatoms. The number of aryl methyl sites for hydroxylation is 3. The Balaban J connectivity index is 1.61. The van der Waals surface area contributed by atoms with Gasteiger partial charge in [-0.2, -0.15) is 0 Å². The number of benzene rings is 2. The summed E-state index contributed by atoms with van der Waals surface area (Å²) in [4.78, 5) is 11.8. The van der Waals surface area contributed by atoms with Gasteiger partial charge in [-0.1, -0.05) is 47.5 Å². The second kappa shape index (κ2) is 8.23. The molecule has 0 unspecified atom stereocenters. The summed E-state index contributed by atoms with van der Waals surface area (Å²) in [6.45, 7) is 5.11. The fourth-order valence-corrected chi connectivity index (χ4v) is 2.09. The van der Waals surface area contributed by atoms with E-state index in [0.29, 0.717) is 19.6 Å². The summed E-state index contributed by atoms with van der Waals surface area (Å²) in [6.07, 6.45) is 1.28. The summed E-state index contributed by atoms with van der Waals surface area (Å²) < 4.78 is 5.57. The molecule has 0 bridgehead atoms. The Morgan fingerprint density at radius 2 is 1.55 bits per heavy atom. The molecule has 0 aliphatic rings. The van der Waals surface area contributed by atoms with E-state index in [1.54, 1.807) is 0 Å². The molecule has 0 fully saturated rings. The van der Waals surface area contributed by atoms with E-state index in [1.165, 1.54) is 16.7 Å². The number of carbonyl (C=O) groups is 1. The Hall–Kier alpha value is -2.29. The third kappa shape index (κ3) is 5.60. The zero-order valence-electron chi connectivity index (χ0n) is 13.3. The van der Waals surface area contributed by atoms with Crippen molar-refractivity contribution in [1.29, 1.82) is 0 Å². The third-order valence-corrected chi connectivity index (χ3v) is 3.48. The molecule has 2 rings (SSSR count). The first kappa shape index (κ1) is 16.1. The van der Waals surface area contributed by atoms with E-state index in [-0.39, 0.29) is 5.91 Å². The molecule has 2 aromatic rings. The normalized spacial score (nSPS) is 10.3. The van der Waals surface area contributed by atoms with Gasteiger partial charge in [0.1, 0.15) is 12.4 Å². The van der Waals surface area contributed by atoms with Gasteiger partial charge in [0.05, 0.1) is 6.54 Å². The average Bonchev–Trinajstić information content (AvgIpc) is 2.53. The van der Waals surface area contributed by atoms with Crippen molar-refractivity contribution >= 4 is 5.91 Å². The van der Waals surface area contributed by atoms with Crippen LogP contribution in [0.25, 0.3) is 0 Å². The van der Waals surface area contributed by atoms with Gasteiger partial charge in [-0.15, -0.1) is 0 Å². The first-order valence-corrected chi connectivity index (χ1v) is 7.65. The minimum atomic E-state index is 0.0630. The van der Waals surface area contributed by atoms with Crippen LogP contribution >= 0.6 is 0 Å². The van der Waals surface area contributed by atoms with E-state index in [9.17, 15) is 4.79 Å². The fourth-order valence-electron chi connectivity index (χ4n) is 2.09. The zero-order valence-corrected chi connectivity index (χ0v) is 13.3. The Bertz CT molecular complexity index is 588. The van der Waals surface area contributed by atoms with E-state index in [4.69, 9.17) is 4.74 Å². The van der Waals surface area contributed by atoms with Crippen LogP contribution in [0.4, 0.5) is 0 Å². The molecule has 0 radical (unpaired) electrons. The van der Waals surface area contributed by atoms with Crippen LogP contribution in [0.3, 0.4) is 0 Å². The first-order chi connectivity index (χ1) is 10.6. The van der Waals surface area contributed by atoms with Crippen LogP contribution in [-0.2, 0) is 11.2 Å². The lowest BCUT2D eigenvalue weighted by Crippen LogP contribution is -2.28. The van der Waals surface area contributed by atoms with E-state index in [2.05, 4.69) is 36.5 Å². The molecule has 1 N–H and O–H groups in total. The molecule has 0 aromatic heterocycles. The molecular weight excluding hydrogens is 274 g/mol. The van der Waals surface area contributed by atoms with E-state index < -0.39 is 0 Å². The van der Waals surface area contributed by atoms with Crippen molar-refractivity contribution in [1.82, 2.24) is 5.32 Å². The number of rotatable bonds is 7. The Kier molecular flexibility index (Phi) is 6.01. The maximum Gasteiger partial charge on any atom is 0.220 e. The van der Waals surface area contributed by atoms with Gasteiger partial charge in [0.2, 0.25) is 5.91 Å². The number of hydrogen-bond acceptors (Lipinski definition) is 2. The highest BCUT2D eigenvalue weighted by Crippen LogP contribution is 2.10. The fraction of sp³-hybridized carbons (Fsp3) is 0.316. The van der Waals surface area contributed by atoms with Crippen molar-refractivity contribution in [3.63, 3.8) is 0 Å². The lowest BCUT2D eigenvalue weighted by atomic mass is 10.1. The van der Waals surface area contributed by atoms with Crippen LogP contribution in [-0.4, -0.2) is 19.1 Å². The Labute approximate surface area is 132 Å². The van der Waals surface area contributed by atoms with Gasteiger partial charge < -0.3 is 10.1 Å². The van der Waals surface area contributed by atoms with Crippen molar-refractivity contribution in [2.75, 3.05) is 13.2 Å². The summed E-state index contributed by atoms with van der Waals surface area (Å²) in [5.41, 5.74) is 3.63. The molecule has 0 atom stereocenters. The average molecular weight is 297 g/mol. The van der Waals surface area contributed by atoms with E-state index in [0.717, 1.165) is 12.2 Å². The highest BCUT2D eigenvalue weighted by Gasteiger charge is 2.02. The topological polar surface area (TPSA) is 38.3 Å². The van der Waals surface area contributed by atoms with Crippen LogP contribution in [0.15, 0.2) is 48.5 Å². The number of hydrogen-bond donors (Lipinski definition) is 1. The number of amides is 1. The Morgan fingerprint density at radius 3 is 2.18 bits per heavy atom. The summed E-state index contributed by atoms with van der Waals surface area (Å²) in [7, 11) is 0. The van der Waals surface area contributed by atoms with Crippen molar-refractivity contribution in [2.24, 2.45) is 0 Å². The summed E-state index contributed by atoms with van der Waals surface area (Å²) in [5.74, 6) is 0.896. The molecule has 0 aliphatic heterocycles. The maximum absolute atomic E-state index is 11.8. The van der Waals surface area contributed by atoms with Crippen LogP contribution in [0.5, 0.6) is 5.75 Å². The third-order valence-electron chi connectivity index (χ3n) is 3.48. The van der Waals surface area contributed by atoms with Crippen molar-refractivity contribution in [3.8, 4) is 5.75 Å². The van der Waals surface area contributed by atoms with Crippen LogP contribution in [0.2, 0.25) is 0 Å². The molecule has 0 heterocycles. The van der Waals surface area contributed by atoms with Crippen molar-refractivity contribution < 1.29 is 9.53 Å². The molecule has 0 aliphatic carbocycles. The first-order valence-electron chi connectivity index (χ1n) is 7.65. The monoisotopic (exact) mass is 297 g/mol. The minimum absolute atomic E-state index is 0.0630. The molecule has 116 valence electrons. The van der Waals surface area contributed by atoms with Crippen LogP contribution in [0.1, 0.15) is 23.1 Å². The molecular formula is C19H23NO2. The lowest BCUT2D eigenvalue weighted by molar-refractivity contribution is -0.121. The SMILES string of the molecule is Cc1ccc(CCC(=O)NCCOc2ccc(C)cc2)cc1. The second-order valence-corrected chi connectivity index (χ2v) is 5.50. The summed E-state index contributed by atoms with van der Waals surface area (Å²) in [6, 6.07) is 16.2. The number of carbonyl (C=O) groups excluding carboxylic acids is 1. The molecule has 3 nitrogen and oxygen atoms in total. The van der Waals surface area contributed by atoms with Crippen molar-refractivity contribution in [3.05, 3.63) is 65.2 Å². The van der Waals surface area contributed by atoms with E-state index in [1.807, 2.05) is 31.2 Å². The molecule has 0 saturated carbocycles. The second-order valence-electron chi connectivity index (χ2n) is 5.50. The van der Waals surface area contributed by atoms with Gasteiger partial charge in [0, 0.05) is 6.42 Å². The quantitative estimate of drug-likeness (QED) is 0.795. The van der Waals surface area contributed by atoms with Gasteiger partial charge in [0.25, 0.3) is 0 Å². The molecule has 1 amide bonds. The van der Waals surface area contributed by atoms with Crippen molar-refractivity contribution in [2.45, 2.75) is 26.7 Å². The number of nitrogens with one attached hydrogen (secondary N) is 1. The standard InChI is InChI=1S/C19H23NO2/c1-15-3-7-17(8-4-15)9-12-19(21)20-13-14-22-18-10-5-16(2)6-11-18/h3-8,10-11H,9,12-14H2,1-2H3,(H,20,21). The summed E-state index contributed by atoms with van der Waals surface area (Å²) in [5, 5.41) is 2.88. The van der Waals surface area contributed by atoms with Crippen LogP contribution in [0, 0.1) is 13.8 Å². The lowest BCUT2D eigenvalue weighted by Gasteiger charge is -2.08.